The third kappa shape index (κ3) is 4.87. The van der Waals surface area contributed by atoms with E-state index in [4.69, 9.17) is 10.9 Å². The monoisotopic (exact) mass is 199 g/mol. The van der Waals surface area contributed by atoms with Gasteiger partial charge in [0.25, 0.3) is 0 Å². The molecule has 0 aromatic carbocycles. The lowest BCUT2D eigenvalue weighted by atomic mass is 9.86. The van der Waals surface area contributed by atoms with Crippen molar-refractivity contribution in [2.45, 2.75) is 26.7 Å². The van der Waals surface area contributed by atoms with E-state index < -0.39 is 0 Å². The number of amidine groups is 1. The van der Waals surface area contributed by atoms with Crippen molar-refractivity contribution < 1.29 is 5.21 Å². The highest BCUT2D eigenvalue weighted by Gasteiger charge is 2.22. The quantitative estimate of drug-likeness (QED) is 0.145. The first kappa shape index (κ1) is 13.0. The lowest BCUT2D eigenvalue weighted by molar-refractivity contribution is 0.304. The van der Waals surface area contributed by atoms with Gasteiger partial charge < -0.3 is 16.3 Å². The molecule has 0 aliphatic heterocycles. The van der Waals surface area contributed by atoms with Crippen LogP contribution in [0.1, 0.15) is 26.7 Å². The summed E-state index contributed by atoms with van der Waals surface area (Å²) in [5, 5.41) is 14.8. The molecule has 4 heteroatoms. The Bertz CT molecular complexity index is 200. The van der Waals surface area contributed by atoms with E-state index in [9.17, 15) is 0 Å². The van der Waals surface area contributed by atoms with E-state index in [0.29, 0.717) is 5.84 Å². The van der Waals surface area contributed by atoms with Gasteiger partial charge >= 0.3 is 0 Å². The number of nitrogens with zero attached hydrogens (tertiary/aromatic N) is 1. The van der Waals surface area contributed by atoms with Crippen molar-refractivity contribution in [2.24, 2.45) is 16.3 Å². The van der Waals surface area contributed by atoms with E-state index in [0.717, 1.165) is 25.9 Å². The fraction of sp³-hybridized carbons (Fsp3) is 0.700. The molecule has 0 aromatic rings. The fourth-order valence-corrected chi connectivity index (χ4v) is 1.12. The van der Waals surface area contributed by atoms with Crippen LogP contribution in [0.2, 0.25) is 0 Å². The Labute approximate surface area is 85.9 Å². The lowest BCUT2D eigenvalue weighted by Crippen LogP contribution is -2.32. The van der Waals surface area contributed by atoms with Gasteiger partial charge in [0, 0.05) is 12.0 Å². The summed E-state index contributed by atoms with van der Waals surface area (Å²) in [6.07, 6.45) is 3.72. The van der Waals surface area contributed by atoms with Crippen LogP contribution >= 0.6 is 0 Å². The summed E-state index contributed by atoms with van der Waals surface area (Å²) in [5.41, 5.74) is 5.32. The Morgan fingerprint density at radius 2 is 2.29 bits per heavy atom. The molecule has 0 unspecified atom stereocenters. The number of nitrogens with one attached hydrogen (secondary N) is 1. The number of hydrogen-bond acceptors (Lipinski definition) is 3. The van der Waals surface area contributed by atoms with Crippen LogP contribution in [-0.4, -0.2) is 24.1 Å². The molecule has 0 radical (unpaired) electrons. The molecule has 0 rings (SSSR count). The molecular formula is C10H21N3O. The molecule has 0 atom stereocenters. The van der Waals surface area contributed by atoms with E-state index in [1.165, 1.54) is 0 Å². The van der Waals surface area contributed by atoms with Crippen LogP contribution in [0.5, 0.6) is 0 Å². The van der Waals surface area contributed by atoms with E-state index in [2.05, 4.69) is 17.1 Å². The third-order valence-corrected chi connectivity index (χ3v) is 2.25. The Morgan fingerprint density at radius 3 is 2.79 bits per heavy atom. The first-order valence-corrected chi connectivity index (χ1v) is 4.84. The van der Waals surface area contributed by atoms with Gasteiger partial charge in [-0.05, 0) is 19.4 Å². The van der Waals surface area contributed by atoms with Crippen molar-refractivity contribution in [2.75, 3.05) is 13.1 Å². The van der Waals surface area contributed by atoms with Gasteiger partial charge in [0.15, 0.2) is 0 Å². The Balaban J connectivity index is 3.71. The van der Waals surface area contributed by atoms with Gasteiger partial charge in [-0.3, -0.25) is 0 Å². The zero-order valence-corrected chi connectivity index (χ0v) is 9.08. The van der Waals surface area contributed by atoms with Crippen molar-refractivity contribution >= 4 is 5.84 Å². The fourth-order valence-electron chi connectivity index (χ4n) is 1.12. The van der Waals surface area contributed by atoms with Crippen molar-refractivity contribution in [1.29, 1.82) is 0 Å². The predicted molar refractivity (Wildman–Crippen MR) is 59.5 cm³/mol. The van der Waals surface area contributed by atoms with Gasteiger partial charge in [0.2, 0.25) is 0 Å². The molecule has 0 heterocycles. The number of hydrogen-bond donors (Lipinski definition) is 3. The van der Waals surface area contributed by atoms with E-state index in [1.54, 1.807) is 0 Å². The summed E-state index contributed by atoms with van der Waals surface area (Å²) < 4.78 is 0. The first-order chi connectivity index (χ1) is 6.54. The highest BCUT2D eigenvalue weighted by atomic mass is 16.4. The summed E-state index contributed by atoms with van der Waals surface area (Å²) in [6, 6.07) is 0. The van der Waals surface area contributed by atoms with E-state index in [1.807, 2.05) is 19.9 Å². The van der Waals surface area contributed by atoms with Gasteiger partial charge in [-0.15, -0.1) is 6.58 Å². The second kappa shape index (κ2) is 6.43. The first-order valence-electron chi connectivity index (χ1n) is 4.84. The molecule has 4 nitrogen and oxygen atoms in total. The zero-order chi connectivity index (χ0) is 11.0. The maximum atomic E-state index is 8.55. The summed E-state index contributed by atoms with van der Waals surface area (Å²) in [5.74, 6) is 0.293. The van der Waals surface area contributed by atoms with Gasteiger partial charge in [-0.25, -0.2) is 0 Å². The highest BCUT2D eigenvalue weighted by molar-refractivity contribution is 5.85. The highest BCUT2D eigenvalue weighted by Crippen LogP contribution is 2.21. The van der Waals surface area contributed by atoms with Crippen LogP contribution in [0, 0.1) is 5.41 Å². The lowest BCUT2D eigenvalue weighted by Gasteiger charge is -2.22. The molecular weight excluding hydrogens is 178 g/mol. The normalized spacial score (nSPS) is 12.9. The van der Waals surface area contributed by atoms with E-state index >= 15 is 0 Å². The van der Waals surface area contributed by atoms with Crippen LogP contribution < -0.4 is 11.1 Å². The molecule has 14 heavy (non-hydrogen) atoms. The summed E-state index contributed by atoms with van der Waals surface area (Å²) in [6.45, 7) is 9.30. The average molecular weight is 199 g/mol. The molecule has 4 N–H and O–H groups in total. The number of rotatable bonds is 7. The van der Waals surface area contributed by atoms with Crippen LogP contribution in [-0.2, 0) is 0 Å². The van der Waals surface area contributed by atoms with Crippen molar-refractivity contribution in [3.63, 3.8) is 0 Å². The predicted octanol–water partition coefficient (Wildman–Crippen LogP) is 1.31. The SMILES string of the molecule is C=CCNCCCC(C)(C)C(N)=NO. The average Bonchev–Trinajstić information content (AvgIpc) is 2.16. The second-order valence-corrected chi connectivity index (χ2v) is 3.97. The minimum Gasteiger partial charge on any atom is -0.409 e. The number of nitrogens with two attached hydrogens (primary N) is 1. The second-order valence-electron chi connectivity index (χ2n) is 3.97. The molecule has 0 bridgehead atoms. The summed E-state index contributed by atoms with van der Waals surface area (Å²) in [4.78, 5) is 0. The Kier molecular flexibility index (Phi) is 5.95. The van der Waals surface area contributed by atoms with Gasteiger partial charge in [0.1, 0.15) is 5.84 Å². The van der Waals surface area contributed by atoms with E-state index in [-0.39, 0.29) is 5.41 Å². The topological polar surface area (TPSA) is 70.6 Å². The molecule has 0 aromatic heterocycles. The Morgan fingerprint density at radius 1 is 1.64 bits per heavy atom. The van der Waals surface area contributed by atoms with Crippen LogP contribution in [0.4, 0.5) is 0 Å². The van der Waals surface area contributed by atoms with Crippen LogP contribution in [0.25, 0.3) is 0 Å². The standard InChI is InChI=1S/C10H21N3O/c1-4-7-12-8-5-6-10(2,3)9(11)13-14/h4,12,14H,1,5-8H2,2-3H3,(H2,11,13). The van der Waals surface area contributed by atoms with Crippen LogP contribution in [0.3, 0.4) is 0 Å². The molecule has 0 saturated heterocycles. The molecule has 0 saturated carbocycles. The zero-order valence-electron chi connectivity index (χ0n) is 9.08. The molecule has 0 aliphatic carbocycles. The van der Waals surface area contributed by atoms with Gasteiger partial charge in [0.05, 0.1) is 0 Å². The molecule has 0 amide bonds. The maximum absolute atomic E-state index is 8.55. The smallest absolute Gasteiger partial charge is 0.144 e. The minimum absolute atomic E-state index is 0.232. The molecule has 0 aliphatic rings. The Hall–Kier alpha value is -1.03. The van der Waals surface area contributed by atoms with Crippen molar-refractivity contribution in [1.82, 2.24) is 5.32 Å². The minimum atomic E-state index is -0.232. The molecule has 0 fully saturated rings. The number of oxime groups is 1. The summed E-state index contributed by atoms with van der Waals surface area (Å²) in [7, 11) is 0. The van der Waals surface area contributed by atoms with Crippen molar-refractivity contribution in [3.8, 4) is 0 Å². The third-order valence-electron chi connectivity index (χ3n) is 2.25. The molecule has 0 spiro atoms. The largest absolute Gasteiger partial charge is 0.409 e. The van der Waals surface area contributed by atoms with Gasteiger partial charge in [-0.1, -0.05) is 25.1 Å². The summed E-state index contributed by atoms with van der Waals surface area (Å²) >= 11 is 0. The van der Waals surface area contributed by atoms with Crippen LogP contribution in [0.15, 0.2) is 17.8 Å². The van der Waals surface area contributed by atoms with Crippen molar-refractivity contribution in [3.05, 3.63) is 12.7 Å². The van der Waals surface area contributed by atoms with Gasteiger partial charge in [-0.2, -0.15) is 0 Å². The maximum Gasteiger partial charge on any atom is 0.144 e. The molecule has 82 valence electrons.